The van der Waals surface area contributed by atoms with Crippen molar-refractivity contribution >= 4 is 27.9 Å². The molecule has 1 aliphatic heterocycles. The van der Waals surface area contributed by atoms with Crippen molar-refractivity contribution in [2.45, 2.75) is 32.2 Å². The van der Waals surface area contributed by atoms with E-state index >= 15 is 0 Å². The van der Waals surface area contributed by atoms with Crippen molar-refractivity contribution in [3.05, 3.63) is 30.1 Å². The Morgan fingerprint density at radius 1 is 1.27 bits per heavy atom. The average Bonchev–Trinajstić information content (AvgIpc) is 3.09. The molecule has 0 unspecified atom stereocenters. The summed E-state index contributed by atoms with van der Waals surface area (Å²) in [7, 11) is 0. The van der Waals surface area contributed by atoms with Crippen molar-refractivity contribution in [2.75, 3.05) is 11.4 Å². The number of halogens is 2. The summed E-state index contributed by atoms with van der Waals surface area (Å²) >= 11 is 0. The van der Waals surface area contributed by atoms with E-state index in [1.54, 1.807) is 0 Å². The van der Waals surface area contributed by atoms with Gasteiger partial charge in [-0.25, -0.2) is 18.7 Å². The van der Waals surface area contributed by atoms with E-state index < -0.39 is 12.2 Å². The summed E-state index contributed by atoms with van der Waals surface area (Å²) in [4.78, 5) is 10.2. The SMILES string of the molecule is C[C@@H]1CCCN1c1nc(C(F)F)nc2c1oc1ccccc12. The smallest absolute Gasteiger partial charge is 0.297 e. The molecule has 3 aromatic rings. The monoisotopic (exact) mass is 303 g/mol. The van der Waals surface area contributed by atoms with E-state index in [1.165, 1.54) is 0 Å². The molecule has 3 heterocycles. The van der Waals surface area contributed by atoms with Gasteiger partial charge in [-0.2, -0.15) is 0 Å². The normalized spacial score (nSPS) is 18.9. The lowest BCUT2D eigenvalue weighted by Gasteiger charge is -2.22. The fraction of sp³-hybridized carbons (Fsp3) is 0.375. The standard InChI is InChI=1S/C16H15F2N3O/c1-9-5-4-8-21(9)16-13-12(19-15(20-16)14(17)18)10-6-2-3-7-11(10)22-13/h2-3,6-7,9,14H,4-5,8H2,1H3/t9-/m1/s1. The Balaban J connectivity index is 2.04. The minimum atomic E-state index is -2.70. The lowest BCUT2D eigenvalue weighted by Crippen LogP contribution is -2.27. The van der Waals surface area contributed by atoms with Gasteiger partial charge in [-0.15, -0.1) is 0 Å². The number of para-hydroxylation sites is 1. The zero-order valence-electron chi connectivity index (χ0n) is 12.1. The van der Waals surface area contributed by atoms with Gasteiger partial charge in [0.2, 0.25) is 0 Å². The molecule has 1 aromatic carbocycles. The molecule has 0 saturated carbocycles. The molecule has 1 saturated heterocycles. The van der Waals surface area contributed by atoms with E-state index in [9.17, 15) is 8.78 Å². The summed E-state index contributed by atoms with van der Waals surface area (Å²) in [5.41, 5.74) is 1.61. The van der Waals surface area contributed by atoms with Gasteiger partial charge in [-0.1, -0.05) is 12.1 Å². The third-order valence-corrected chi connectivity index (χ3v) is 4.24. The molecule has 1 atom stereocenters. The molecule has 22 heavy (non-hydrogen) atoms. The number of furan rings is 1. The van der Waals surface area contributed by atoms with Gasteiger partial charge in [-0.05, 0) is 31.9 Å². The Bertz CT molecular complexity index is 846. The van der Waals surface area contributed by atoms with Gasteiger partial charge in [0, 0.05) is 18.0 Å². The fourth-order valence-corrected chi connectivity index (χ4v) is 3.13. The Hall–Kier alpha value is -2.24. The van der Waals surface area contributed by atoms with Crippen LogP contribution in [0.2, 0.25) is 0 Å². The number of rotatable bonds is 2. The highest BCUT2D eigenvalue weighted by Gasteiger charge is 2.28. The number of hydrogen-bond acceptors (Lipinski definition) is 4. The maximum atomic E-state index is 13.2. The number of alkyl halides is 2. The lowest BCUT2D eigenvalue weighted by atomic mass is 10.2. The van der Waals surface area contributed by atoms with E-state index in [4.69, 9.17) is 4.42 Å². The molecule has 1 aliphatic rings. The van der Waals surface area contributed by atoms with Gasteiger partial charge in [0.05, 0.1) is 0 Å². The zero-order valence-corrected chi connectivity index (χ0v) is 12.1. The van der Waals surface area contributed by atoms with Crippen LogP contribution in [0.25, 0.3) is 22.1 Å². The Morgan fingerprint density at radius 3 is 2.82 bits per heavy atom. The summed E-state index contributed by atoms with van der Waals surface area (Å²) in [5, 5.41) is 0.745. The molecule has 0 aliphatic carbocycles. The van der Waals surface area contributed by atoms with Crippen molar-refractivity contribution in [3.63, 3.8) is 0 Å². The van der Waals surface area contributed by atoms with Crippen LogP contribution in [0.4, 0.5) is 14.6 Å². The van der Waals surface area contributed by atoms with Crippen molar-refractivity contribution < 1.29 is 13.2 Å². The van der Waals surface area contributed by atoms with Crippen molar-refractivity contribution in [1.29, 1.82) is 0 Å². The quantitative estimate of drug-likeness (QED) is 0.708. The van der Waals surface area contributed by atoms with Crippen molar-refractivity contribution in [2.24, 2.45) is 0 Å². The third kappa shape index (κ3) is 1.94. The second kappa shape index (κ2) is 4.90. The van der Waals surface area contributed by atoms with Crippen LogP contribution in [0, 0.1) is 0 Å². The van der Waals surface area contributed by atoms with Gasteiger partial charge in [0.1, 0.15) is 11.1 Å². The molecule has 0 spiro atoms. The number of benzene rings is 1. The van der Waals surface area contributed by atoms with Crippen LogP contribution in [-0.4, -0.2) is 22.6 Å². The van der Waals surface area contributed by atoms with Crippen LogP contribution >= 0.6 is 0 Å². The number of anilines is 1. The molecule has 6 heteroatoms. The Labute approximate surface area is 125 Å². The summed E-state index contributed by atoms with van der Waals surface area (Å²) < 4.78 is 32.2. The highest BCUT2D eigenvalue weighted by Crippen LogP contribution is 2.36. The van der Waals surface area contributed by atoms with E-state index in [-0.39, 0.29) is 6.04 Å². The number of hydrogen-bond donors (Lipinski definition) is 0. The first kappa shape index (κ1) is 13.4. The van der Waals surface area contributed by atoms with Gasteiger partial charge in [-0.3, -0.25) is 0 Å². The fourth-order valence-electron chi connectivity index (χ4n) is 3.13. The van der Waals surface area contributed by atoms with Gasteiger partial charge < -0.3 is 9.32 Å². The number of fused-ring (bicyclic) bond motifs is 3. The summed E-state index contributed by atoms with van der Waals surface area (Å²) in [6, 6.07) is 7.61. The van der Waals surface area contributed by atoms with Crippen LogP contribution < -0.4 is 4.90 Å². The molecular formula is C16H15F2N3O. The molecule has 0 N–H and O–H groups in total. The number of nitrogens with zero attached hydrogens (tertiary/aromatic N) is 3. The third-order valence-electron chi connectivity index (χ3n) is 4.24. The first-order valence-electron chi connectivity index (χ1n) is 7.39. The molecule has 0 amide bonds. The predicted molar refractivity (Wildman–Crippen MR) is 80.3 cm³/mol. The highest BCUT2D eigenvalue weighted by atomic mass is 19.3. The van der Waals surface area contributed by atoms with E-state index in [0.717, 1.165) is 24.8 Å². The summed E-state index contributed by atoms with van der Waals surface area (Å²) in [5.74, 6) is 0.0506. The topological polar surface area (TPSA) is 42.2 Å². The minimum Gasteiger partial charge on any atom is -0.450 e. The van der Waals surface area contributed by atoms with Gasteiger partial charge in [0.15, 0.2) is 17.2 Å². The van der Waals surface area contributed by atoms with Crippen LogP contribution in [-0.2, 0) is 0 Å². The first-order chi connectivity index (χ1) is 10.6. The summed E-state index contributed by atoms with van der Waals surface area (Å²) in [6.07, 6.45) is -0.651. The second-order valence-electron chi connectivity index (χ2n) is 5.67. The number of aromatic nitrogens is 2. The first-order valence-corrected chi connectivity index (χ1v) is 7.39. The maximum absolute atomic E-state index is 13.2. The highest BCUT2D eigenvalue weighted by molar-refractivity contribution is 6.05. The zero-order chi connectivity index (χ0) is 15.3. The minimum absolute atomic E-state index is 0.261. The molecule has 1 fully saturated rings. The van der Waals surface area contributed by atoms with E-state index in [2.05, 4.69) is 16.9 Å². The average molecular weight is 303 g/mol. The van der Waals surface area contributed by atoms with Crippen LogP contribution in [0.15, 0.2) is 28.7 Å². The Kier molecular flexibility index (Phi) is 2.99. The van der Waals surface area contributed by atoms with Crippen LogP contribution in [0.5, 0.6) is 0 Å². The molecular weight excluding hydrogens is 288 g/mol. The largest absolute Gasteiger partial charge is 0.450 e. The second-order valence-corrected chi connectivity index (χ2v) is 5.67. The van der Waals surface area contributed by atoms with E-state index in [1.807, 2.05) is 29.2 Å². The molecule has 2 aromatic heterocycles. The van der Waals surface area contributed by atoms with E-state index in [0.29, 0.717) is 22.5 Å². The molecule has 114 valence electrons. The van der Waals surface area contributed by atoms with Crippen LogP contribution in [0.3, 0.4) is 0 Å². The molecule has 0 radical (unpaired) electrons. The van der Waals surface area contributed by atoms with Crippen LogP contribution in [0.1, 0.15) is 32.0 Å². The lowest BCUT2D eigenvalue weighted by molar-refractivity contribution is 0.141. The van der Waals surface area contributed by atoms with Gasteiger partial charge in [0.25, 0.3) is 6.43 Å². The predicted octanol–water partition coefficient (Wildman–Crippen LogP) is 4.30. The summed E-state index contributed by atoms with van der Waals surface area (Å²) in [6.45, 7) is 2.87. The molecule has 4 rings (SSSR count). The van der Waals surface area contributed by atoms with Gasteiger partial charge >= 0.3 is 0 Å². The molecule has 0 bridgehead atoms. The maximum Gasteiger partial charge on any atom is 0.297 e. The van der Waals surface area contributed by atoms with Crippen molar-refractivity contribution in [3.8, 4) is 0 Å². The van der Waals surface area contributed by atoms with Crippen molar-refractivity contribution in [1.82, 2.24) is 9.97 Å². The Morgan fingerprint density at radius 2 is 2.09 bits per heavy atom. The molecule has 4 nitrogen and oxygen atoms in total.